The highest BCUT2D eigenvalue weighted by atomic mass is 35.5. The summed E-state index contributed by atoms with van der Waals surface area (Å²) in [6.45, 7) is 1.73. The first-order chi connectivity index (χ1) is 8.47. The number of hydrogen-bond donors (Lipinski definition) is 1. The van der Waals surface area contributed by atoms with E-state index in [4.69, 9.17) is 16.7 Å². The number of benzene rings is 1. The van der Waals surface area contributed by atoms with Gasteiger partial charge in [-0.15, -0.1) is 0 Å². The molecule has 0 aliphatic heterocycles. The zero-order valence-corrected chi connectivity index (χ0v) is 10.3. The van der Waals surface area contributed by atoms with Crippen molar-refractivity contribution in [2.24, 2.45) is 0 Å². The Bertz CT molecular complexity index is 610. The molecule has 0 amide bonds. The van der Waals surface area contributed by atoms with Crippen molar-refractivity contribution < 1.29 is 14.3 Å². The lowest BCUT2D eigenvalue weighted by molar-refractivity contribution is 0.0696. The number of nitrogens with zero attached hydrogens (tertiary/aromatic N) is 2. The average Bonchev–Trinajstić information content (AvgIpc) is 2.65. The van der Waals surface area contributed by atoms with E-state index >= 15 is 0 Å². The summed E-state index contributed by atoms with van der Waals surface area (Å²) in [7, 11) is 0. The normalized spacial score (nSPS) is 10.6. The van der Waals surface area contributed by atoms with Crippen LogP contribution in [0.2, 0.25) is 5.02 Å². The lowest BCUT2D eigenvalue weighted by Gasteiger charge is -2.04. The fourth-order valence-corrected chi connectivity index (χ4v) is 1.84. The predicted octanol–water partition coefficient (Wildman–Crippen LogP) is 2.73. The van der Waals surface area contributed by atoms with Crippen LogP contribution in [0.15, 0.2) is 24.4 Å². The van der Waals surface area contributed by atoms with Crippen molar-refractivity contribution in [1.29, 1.82) is 0 Å². The van der Waals surface area contributed by atoms with E-state index in [0.29, 0.717) is 16.3 Å². The van der Waals surface area contributed by atoms with Gasteiger partial charge in [0.1, 0.15) is 11.4 Å². The first-order valence-electron chi connectivity index (χ1n) is 5.18. The van der Waals surface area contributed by atoms with Gasteiger partial charge in [0.15, 0.2) is 0 Å². The molecule has 18 heavy (non-hydrogen) atoms. The second-order valence-electron chi connectivity index (χ2n) is 3.87. The van der Waals surface area contributed by atoms with E-state index < -0.39 is 11.8 Å². The number of aromatic nitrogens is 2. The maximum absolute atomic E-state index is 13.5. The zero-order valence-electron chi connectivity index (χ0n) is 9.52. The number of aryl methyl sites for hydroxylation is 1. The highest BCUT2D eigenvalue weighted by Crippen LogP contribution is 2.16. The fraction of sp³-hybridized carbons (Fsp3) is 0.167. The molecule has 1 heterocycles. The van der Waals surface area contributed by atoms with Crippen LogP contribution in [-0.2, 0) is 6.54 Å². The Morgan fingerprint density at radius 1 is 1.56 bits per heavy atom. The van der Waals surface area contributed by atoms with Crippen LogP contribution in [0.5, 0.6) is 0 Å². The van der Waals surface area contributed by atoms with Crippen molar-refractivity contribution in [3.8, 4) is 0 Å². The molecular weight excluding hydrogens is 259 g/mol. The predicted molar refractivity (Wildman–Crippen MR) is 64.4 cm³/mol. The van der Waals surface area contributed by atoms with Gasteiger partial charge in [-0.3, -0.25) is 4.68 Å². The first kappa shape index (κ1) is 12.6. The minimum Gasteiger partial charge on any atom is -0.478 e. The van der Waals surface area contributed by atoms with Gasteiger partial charge in [0.25, 0.3) is 0 Å². The van der Waals surface area contributed by atoms with Crippen LogP contribution in [0.3, 0.4) is 0 Å². The molecule has 1 aromatic heterocycles. The van der Waals surface area contributed by atoms with Crippen LogP contribution in [0.4, 0.5) is 4.39 Å². The Morgan fingerprint density at radius 3 is 2.89 bits per heavy atom. The first-order valence-corrected chi connectivity index (χ1v) is 5.56. The van der Waals surface area contributed by atoms with Crippen LogP contribution >= 0.6 is 11.6 Å². The molecule has 0 saturated carbocycles. The van der Waals surface area contributed by atoms with Crippen molar-refractivity contribution >= 4 is 17.6 Å². The molecule has 2 rings (SSSR count). The van der Waals surface area contributed by atoms with E-state index in [9.17, 15) is 9.18 Å². The lowest BCUT2D eigenvalue weighted by atomic mass is 10.2. The summed E-state index contributed by atoms with van der Waals surface area (Å²) in [4.78, 5) is 10.9. The van der Waals surface area contributed by atoms with Crippen molar-refractivity contribution in [2.75, 3.05) is 0 Å². The second-order valence-corrected chi connectivity index (χ2v) is 4.30. The van der Waals surface area contributed by atoms with Crippen molar-refractivity contribution in [2.45, 2.75) is 13.5 Å². The molecule has 1 aromatic carbocycles. The summed E-state index contributed by atoms with van der Waals surface area (Å²) in [6, 6.07) is 4.22. The second kappa shape index (κ2) is 4.78. The Hall–Kier alpha value is -1.88. The third-order valence-corrected chi connectivity index (χ3v) is 2.75. The number of carboxylic acids is 1. The number of hydrogen-bond acceptors (Lipinski definition) is 2. The Labute approximate surface area is 108 Å². The van der Waals surface area contributed by atoms with Gasteiger partial charge in [-0.1, -0.05) is 11.6 Å². The van der Waals surface area contributed by atoms with Gasteiger partial charge in [-0.2, -0.15) is 5.10 Å². The van der Waals surface area contributed by atoms with Crippen LogP contribution in [0, 0.1) is 12.7 Å². The van der Waals surface area contributed by atoms with Gasteiger partial charge in [0.2, 0.25) is 0 Å². The third kappa shape index (κ3) is 2.51. The Morgan fingerprint density at radius 2 is 2.28 bits per heavy atom. The maximum atomic E-state index is 13.5. The van der Waals surface area contributed by atoms with Gasteiger partial charge in [-0.05, 0) is 25.1 Å². The average molecular weight is 269 g/mol. The fourth-order valence-electron chi connectivity index (χ4n) is 1.65. The van der Waals surface area contributed by atoms with E-state index in [1.807, 2.05) is 0 Å². The topological polar surface area (TPSA) is 55.1 Å². The van der Waals surface area contributed by atoms with Crippen molar-refractivity contribution in [3.63, 3.8) is 0 Å². The molecule has 4 nitrogen and oxygen atoms in total. The maximum Gasteiger partial charge on any atom is 0.339 e. The summed E-state index contributed by atoms with van der Waals surface area (Å²) < 4.78 is 14.9. The molecule has 0 radical (unpaired) electrons. The molecule has 0 fully saturated rings. The van der Waals surface area contributed by atoms with E-state index in [0.717, 1.165) is 0 Å². The number of carboxylic acid groups (broad SMARTS) is 1. The molecule has 0 unspecified atom stereocenters. The molecule has 6 heteroatoms. The van der Waals surface area contributed by atoms with Crippen LogP contribution in [-0.4, -0.2) is 20.9 Å². The highest BCUT2D eigenvalue weighted by Gasteiger charge is 2.12. The Balaban J connectivity index is 2.31. The molecular formula is C12H10ClFN2O2. The zero-order chi connectivity index (χ0) is 13.3. The van der Waals surface area contributed by atoms with Gasteiger partial charge >= 0.3 is 5.97 Å². The summed E-state index contributed by atoms with van der Waals surface area (Å²) in [5.74, 6) is -1.45. The van der Waals surface area contributed by atoms with Crippen molar-refractivity contribution in [1.82, 2.24) is 9.78 Å². The van der Waals surface area contributed by atoms with E-state index in [2.05, 4.69) is 5.10 Å². The number of rotatable bonds is 3. The molecule has 0 spiro atoms. The molecule has 0 atom stereocenters. The highest BCUT2D eigenvalue weighted by molar-refractivity contribution is 6.30. The summed E-state index contributed by atoms with van der Waals surface area (Å²) in [5, 5.41) is 13.3. The van der Waals surface area contributed by atoms with E-state index in [1.165, 1.54) is 29.1 Å². The number of halogens is 2. The largest absolute Gasteiger partial charge is 0.478 e. The Kier molecular flexibility index (Phi) is 3.34. The van der Waals surface area contributed by atoms with Crippen LogP contribution in [0.25, 0.3) is 0 Å². The molecule has 0 bridgehead atoms. The number of aromatic carboxylic acids is 1. The quantitative estimate of drug-likeness (QED) is 0.931. The standard InChI is InChI=1S/C12H10ClFN2O2/c1-7-10(12(17)18)6-16(15-7)5-8-4-9(13)2-3-11(8)14/h2-4,6H,5H2,1H3,(H,17,18). The summed E-state index contributed by atoms with van der Waals surface area (Å²) >= 11 is 5.78. The van der Waals surface area contributed by atoms with E-state index in [1.54, 1.807) is 6.92 Å². The summed E-state index contributed by atoms with van der Waals surface area (Å²) in [5.41, 5.74) is 0.865. The van der Waals surface area contributed by atoms with E-state index in [-0.39, 0.29) is 12.1 Å². The van der Waals surface area contributed by atoms with Crippen molar-refractivity contribution in [3.05, 3.63) is 52.1 Å². The third-order valence-electron chi connectivity index (χ3n) is 2.52. The molecule has 1 N–H and O–H groups in total. The molecule has 0 saturated heterocycles. The smallest absolute Gasteiger partial charge is 0.339 e. The minimum atomic E-state index is -1.05. The summed E-state index contributed by atoms with van der Waals surface area (Å²) in [6.07, 6.45) is 1.37. The van der Waals surface area contributed by atoms with Gasteiger partial charge in [0.05, 0.1) is 12.2 Å². The molecule has 0 aliphatic rings. The molecule has 0 aliphatic carbocycles. The van der Waals surface area contributed by atoms with Gasteiger partial charge < -0.3 is 5.11 Å². The monoisotopic (exact) mass is 268 g/mol. The number of carbonyl (C=O) groups is 1. The molecule has 2 aromatic rings. The SMILES string of the molecule is Cc1nn(Cc2cc(Cl)ccc2F)cc1C(=O)O. The van der Waals surface area contributed by atoms with Gasteiger partial charge in [-0.25, -0.2) is 9.18 Å². The minimum absolute atomic E-state index is 0.109. The lowest BCUT2D eigenvalue weighted by Crippen LogP contribution is -2.02. The van der Waals surface area contributed by atoms with Gasteiger partial charge in [0, 0.05) is 16.8 Å². The van der Waals surface area contributed by atoms with Crippen LogP contribution < -0.4 is 0 Å². The van der Waals surface area contributed by atoms with Crippen LogP contribution in [0.1, 0.15) is 21.6 Å². The molecule has 94 valence electrons.